The van der Waals surface area contributed by atoms with Crippen LogP contribution in [0.4, 0.5) is 11.4 Å². The van der Waals surface area contributed by atoms with Crippen LogP contribution in [0, 0.1) is 0 Å². The highest BCUT2D eigenvalue weighted by molar-refractivity contribution is 6.32. The zero-order valence-corrected chi connectivity index (χ0v) is 16.5. The Hall–Kier alpha value is -2.11. The number of nitrogens with zero attached hydrogens (tertiary/aromatic N) is 1. The van der Waals surface area contributed by atoms with Gasteiger partial charge >= 0.3 is 0 Å². The average Bonchev–Trinajstić information content (AvgIpc) is 2.66. The fraction of sp³-hybridized carbons (Fsp3) is 0.429. The van der Waals surface area contributed by atoms with Crippen LogP contribution in [0.3, 0.4) is 0 Å². The summed E-state index contributed by atoms with van der Waals surface area (Å²) in [5.41, 5.74) is 3.36. The van der Waals surface area contributed by atoms with Crippen molar-refractivity contribution in [2.45, 2.75) is 32.6 Å². The van der Waals surface area contributed by atoms with Crippen molar-refractivity contribution >= 4 is 23.0 Å². The quantitative estimate of drug-likeness (QED) is 0.844. The van der Waals surface area contributed by atoms with E-state index in [1.165, 1.54) is 5.69 Å². The minimum atomic E-state index is 0.221. The number of morpholine rings is 1. The van der Waals surface area contributed by atoms with Gasteiger partial charge in [0, 0.05) is 19.6 Å². The van der Waals surface area contributed by atoms with E-state index in [0.29, 0.717) is 30.5 Å². The van der Waals surface area contributed by atoms with Crippen molar-refractivity contribution in [2.75, 3.05) is 36.5 Å². The number of hydrogen-bond acceptors (Lipinski definition) is 5. The van der Waals surface area contributed by atoms with Gasteiger partial charge in [0.15, 0.2) is 11.5 Å². The van der Waals surface area contributed by atoms with Gasteiger partial charge in [-0.2, -0.15) is 0 Å². The summed E-state index contributed by atoms with van der Waals surface area (Å²) in [6.45, 7) is 7.76. The lowest BCUT2D eigenvalue weighted by molar-refractivity contribution is -0.00517. The van der Waals surface area contributed by atoms with E-state index >= 15 is 0 Å². The van der Waals surface area contributed by atoms with E-state index in [2.05, 4.69) is 48.3 Å². The molecular weight excluding hydrogens is 364 g/mol. The Bertz CT molecular complexity index is 804. The van der Waals surface area contributed by atoms with Crippen LogP contribution in [0.15, 0.2) is 36.4 Å². The summed E-state index contributed by atoms with van der Waals surface area (Å²) in [6.07, 6.45) is 0.441. The maximum absolute atomic E-state index is 6.36. The first-order chi connectivity index (χ1) is 13.1. The summed E-state index contributed by atoms with van der Waals surface area (Å²) in [6, 6.07) is 12.3. The first-order valence-electron chi connectivity index (χ1n) is 9.41. The van der Waals surface area contributed by atoms with Gasteiger partial charge in [0.1, 0.15) is 13.2 Å². The molecule has 2 aliphatic rings. The van der Waals surface area contributed by atoms with Crippen molar-refractivity contribution in [1.82, 2.24) is 0 Å². The van der Waals surface area contributed by atoms with E-state index < -0.39 is 0 Å². The van der Waals surface area contributed by atoms with Gasteiger partial charge in [-0.3, -0.25) is 0 Å². The van der Waals surface area contributed by atoms with Gasteiger partial charge in [0.05, 0.1) is 28.6 Å². The fourth-order valence-electron chi connectivity index (χ4n) is 3.74. The van der Waals surface area contributed by atoms with Crippen molar-refractivity contribution in [2.24, 2.45) is 0 Å². The zero-order chi connectivity index (χ0) is 18.8. The molecule has 1 N–H and O–H groups in total. The van der Waals surface area contributed by atoms with E-state index in [1.807, 2.05) is 12.1 Å². The number of benzene rings is 2. The molecule has 1 fully saturated rings. The van der Waals surface area contributed by atoms with E-state index in [1.54, 1.807) is 0 Å². The third-order valence-corrected chi connectivity index (χ3v) is 5.08. The van der Waals surface area contributed by atoms with Gasteiger partial charge in [0.25, 0.3) is 0 Å². The van der Waals surface area contributed by atoms with Gasteiger partial charge in [0.2, 0.25) is 0 Å². The molecule has 0 amide bonds. The topological polar surface area (TPSA) is 43.0 Å². The van der Waals surface area contributed by atoms with Gasteiger partial charge in [-0.15, -0.1) is 0 Å². The predicted octanol–water partition coefficient (Wildman–Crippen LogP) is 4.34. The number of fused-ring (bicyclic) bond motifs is 1. The van der Waals surface area contributed by atoms with E-state index in [0.717, 1.165) is 30.1 Å². The maximum Gasteiger partial charge on any atom is 0.179 e. The Labute approximate surface area is 165 Å². The molecule has 4 rings (SSSR count). The number of para-hydroxylation sites is 2. The normalized spacial score (nSPS) is 21.8. The monoisotopic (exact) mass is 388 g/mol. The van der Waals surface area contributed by atoms with Crippen LogP contribution in [0.25, 0.3) is 0 Å². The number of halogens is 1. The molecule has 0 aromatic heterocycles. The summed E-state index contributed by atoms with van der Waals surface area (Å²) in [4.78, 5) is 2.39. The molecule has 6 heteroatoms. The molecule has 144 valence electrons. The second-order valence-corrected chi connectivity index (χ2v) is 7.54. The fourth-order valence-corrected chi connectivity index (χ4v) is 4.02. The molecule has 2 heterocycles. The molecule has 0 radical (unpaired) electrons. The summed E-state index contributed by atoms with van der Waals surface area (Å²) < 4.78 is 17.1. The number of ether oxygens (including phenoxy) is 3. The predicted molar refractivity (Wildman–Crippen MR) is 108 cm³/mol. The second kappa shape index (κ2) is 7.87. The summed E-state index contributed by atoms with van der Waals surface area (Å²) in [7, 11) is 0. The molecule has 0 unspecified atom stereocenters. The lowest BCUT2D eigenvalue weighted by atomic mass is 10.1. The molecule has 2 aliphatic heterocycles. The van der Waals surface area contributed by atoms with Crippen LogP contribution in [0.5, 0.6) is 11.5 Å². The first-order valence-corrected chi connectivity index (χ1v) is 9.79. The van der Waals surface area contributed by atoms with Gasteiger partial charge < -0.3 is 24.4 Å². The van der Waals surface area contributed by atoms with Crippen molar-refractivity contribution < 1.29 is 14.2 Å². The SMILES string of the molecule is C[C@@H]1CN(c2ccccc2NCc2cc(Cl)c3c(c2)OCCO3)C[C@H](C)O1. The van der Waals surface area contributed by atoms with E-state index in [9.17, 15) is 0 Å². The smallest absolute Gasteiger partial charge is 0.179 e. The number of nitrogens with one attached hydrogen (secondary N) is 1. The van der Waals surface area contributed by atoms with Crippen molar-refractivity contribution in [3.63, 3.8) is 0 Å². The molecule has 2 aromatic rings. The maximum atomic E-state index is 6.36. The minimum absolute atomic E-state index is 0.221. The standard InChI is InChI=1S/C21H25ClN2O3/c1-14-12-24(13-15(2)27-14)19-6-4-3-5-18(19)23-11-16-9-17(22)21-20(10-16)25-7-8-26-21/h3-6,9-10,14-15,23H,7-8,11-13H2,1-2H3/t14-,15+. The van der Waals surface area contributed by atoms with E-state index in [4.69, 9.17) is 25.8 Å². The summed E-state index contributed by atoms with van der Waals surface area (Å²) >= 11 is 6.36. The lowest BCUT2D eigenvalue weighted by Gasteiger charge is -2.37. The lowest BCUT2D eigenvalue weighted by Crippen LogP contribution is -2.45. The van der Waals surface area contributed by atoms with Crippen molar-refractivity contribution in [3.05, 3.63) is 47.0 Å². The highest BCUT2D eigenvalue weighted by Crippen LogP contribution is 2.38. The highest BCUT2D eigenvalue weighted by Gasteiger charge is 2.24. The number of hydrogen-bond donors (Lipinski definition) is 1. The second-order valence-electron chi connectivity index (χ2n) is 7.13. The van der Waals surface area contributed by atoms with Crippen molar-refractivity contribution in [1.29, 1.82) is 0 Å². The van der Waals surface area contributed by atoms with Gasteiger partial charge in [-0.1, -0.05) is 23.7 Å². The zero-order valence-electron chi connectivity index (χ0n) is 15.7. The molecule has 0 aliphatic carbocycles. The van der Waals surface area contributed by atoms with Crippen LogP contribution in [0.1, 0.15) is 19.4 Å². The Morgan fingerprint density at radius 1 is 1.07 bits per heavy atom. The molecule has 2 aromatic carbocycles. The Kier molecular flexibility index (Phi) is 5.32. The average molecular weight is 389 g/mol. The Balaban J connectivity index is 1.51. The van der Waals surface area contributed by atoms with Gasteiger partial charge in [-0.05, 0) is 43.7 Å². The van der Waals surface area contributed by atoms with Crippen LogP contribution in [-0.4, -0.2) is 38.5 Å². The molecule has 0 spiro atoms. The number of anilines is 2. The van der Waals surface area contributed by atoms with E-state index in [-0.39, 0.29) is 12.2 Å². The molecule has 1 saturated heterocycles. The number of rotatable bonds is 4. The molecule has 2 atom stereocenters. The molecule has 5 nitrogen and oxygen atoms in total. The van der Waals surface area contributed by atoms with Crippen LogP contribution in [0.2, 0.25) is 5.02 Å². The Morgan fingerprint density at radius 3 is 2.63 bits per heavy atom. The van der Waals surface area contributed by atoms with Gasteiger partial charge in [-0.25, -0.2) is 0 Å². The first kappa shape index (κ1) is 18.3. The summed E-state index contributed by atoms with van der Waals surface area (Å²) in [5.74, 6) is 1.36. The molecule has 0 saturated carbocycles. The largest absolute Gasteiger partial charge is 0.486 e. The molecular formula is C21H25ClN2O3. The third-order valence-electron chi connectivity index (χ3n) is 4.80. The molecule has 0 bridgehead atoms. The highest BCUT2D eigenvalue weighted by atomic mass is 35.5. The van der Waals surface area contributed by atoms with Crippen LogP contribution in [-0.2, 0) is 11.3 Å². The van der Waals surface area contributed by atoms with Crippen LogP contribution < -0.4 is 19.7 Å². The Morgan fingerprint density at radius 2 is 1.81 bits per heavy atom. The third kappa shape index (κ3) is 4.09. The summed E-state index contributed by atoms with van der Waals surface area (Å²) in [5, 5.41) is 4.14. The van der Waals surface area contributed by atoms with Crippen LogP contribution >= 0.6 is 11.6 Å². The molecule has 27 heavy (non-hydrogen) atoms. The van der Waals surface area contributed by atoms with Crippen molar-refractivity contribution in [3.8, 4) is 11.5 Å². The minimum Gasteiger partial charge on any atom is -0.486 e.